The topological polar surface area (TPSA) is 70.7 Å². The van der Waals surface area contributed by atoms with Gasteiger partial charge in [0.1, 0.15) is 0 Å². The third-order valence-corrected chi connectivity index (χ3v) is 5.86. The minimum absolute atomic E-state index is 0.112. The van der Waals surface area contributed by atoms with Crippen LogP contribution in [0, 0.1) is 0 Å². The molecular formula is C21H22N4OS. The largest absolute Gasteiger partial charge is 0.399 e. The molecule has 2 aliphatic heterocycles. The predicted octanol–water partition coefficient (Wildman–Crippen LogP) is 4.03. The van der Waals surface area contributed by atoms with Crippen molar-refractivity contribution in [1.82, 2.24) is 4.90 Å². The second-order valence-electron chi connectivity index (χ2n) is 6.68. The average molecular weight is 379 g/mol. The highest BCUT2D eigenvalue weighted by atomic mass is 32.2. The second-order valence-corrected chi connectivity index (χ2v) is 7.74. The van der Waals surface area contributed by atoms with E-state index in [0.29, 0.717) is 11.3 Å². The lowest BCUT2D eigenvalue weighted by Crippen LogP contribution is -2.43. The molecule has 1 fully saturated rings. The van der Waals surface area contributed by atoms with E-state index in [9.17, 15) is 4.79 Å². The lowest BCUT2D eigenvalue weighted by molar-refractivity contribution is -0.113. The first-order valence-corrected chi connectivity index (χ1v) is 10.0. The minimum Gasteiger partial charge on any atom is -0.399 e. The first-order chi connectivity index (χ1) is 13.1. The number of rotatable bonds is 3. The Kier molecular flexibility index (Phi) is 4.90. The molecule has 2 heterocycles. The highest BCUT2D eigenvalue weighted by Crippen LogP contribution is 2.39. The standard InChI is InChI=1S/C21H22N4OS/c1-14-18(20(26)24-17-6-3-2-4-7-17)19(15-8-10-16(22)11-9-15)25-12-5-13-27-21(25)23-14/h2-4,6-11,19H,5,12-13,22H2,1H3,(H,24,26). The molecule has 0 radical (unpaired) electrons. The lowest BCUT2D eigenvalue weighted by atomic mass is 9.93. The van der Waals surface area contributed by atoms with Crippen LogP contribution in [0.1, 0.15) is 24.9 Å². The summed E-state index contributed by atoms with van der Waals surface area (Å²) < 4.78 is 0. The molecule has 1 atom stereocenters. The van der Waals surface area contributed by atoms with E-state index in [1.54, 1.807) is 11.8 Å². The Morgan fingerprint density at radius 3 is 2.67 bits per heavy atom. The van der Waals surface area contributed by atoms with Gasteiger partial charge in [0.25, 0.3) is 5.91 Å². The van der Waals surface area contributed by atoms with Crippen molar-refractivity contribution in [2.45, 2.75) is 19.4 Å². The number of nitrogens with two attached hydrogens (primary N) is 1. The molecule has 6 heteroatoms. The van der Waals surface area contributed by atoms with Gasteiger partial charge < -0.3 is 16.0 Å². The number of carbonyl (C=O) groups excluding carboxylic acids is 1. The molecular weight excluding hydrogens is 356 g/mol. The first kappa shape index (κ1) is 17.7. The Bertz CT molecular complexity index is 906. The van der Waals surface area contributed by atoms with Gasteiger partial charge in [0.2, 0.25) is 0 Å². The van der Waals surface area contributed by atoms with Crippen LogP contribution < -0.4 is 11.1 Å². The molecule has 138 valence electrons. The number of thioether (sulfide) groups is 1. The highest BCUT2D eigenvalue weighted by molar-refractivity contribution is 8.13. The molecule has 4 rings (SSSR count). The molecule has 1 unspecified atom stereocenters. The van der Waals surface area contributed by atoms with Crippen LogP contribution >= 0.6 is 11.8 Å². The summed E-state index contributed by atoms with van der Waals surface area (Å²) >= 11 is 1.76. The van der Waals surface area contributed by atoms with E-state index >= 15 is 0 Å². The molecule has 1 saturated heterocycles. The Morgan fingerprint density at radius 2 is 1.93 bits per heavy atom. The van der Waals surface area contributed by atoms with Crippen molar-refractivity contribution in [2.75, 3.05) is 23.3 Å². The number of anilines is 2. The van der Waals surface area contributed by atoms with E-state index in [0.717, 1.165) is 40.8 Å². The van der Waals surface area contributed by atoms with Gasteiger partial charge in [0.15, 0.2) is 5.17 Å². The Hall–Kier alpha value is -2.73. The summed E-state index contributed by atoms with van der Waals surface area (Å²) in [6.07, 6.45) is 1.07. The summed E-state index contributed by atoms with van der Waals surface area (Å²) in [5.41, 5.74) is 9.89. The van der Waals surface area contributed by atoms with Crippen LogP contribution in [-0.4, -0.2) is 28.3 Å². The molecule has 0 saturated carbocycles. The number of fused-ring (bicyclic) bond motifs is 1. The molecule has 0 bridgehead atoms. The fraction of sp³-hybridized carbons (Fsp3) is 0.238. The zero-order chi connectivity index (χ0) is 18.8. The number of allylic oxidation sites excluding steroid dienone is 1. The number of nitrogens with one attached hydrogen (secondary N) is 1. The van der Waals surface area contributed by atoms with Crippen molar-refractivity contribution in [1.29, 1.82) is 0 Å². The number of amides is 1. The Labute approximate surface area is 163 Å². The van der Waals surface area contributed by atoms with Gasteiger partial charge >= 0.3 is 0 Å². The zero-order valence-electron chi connectivity index (χ0n) is 15.2. The average Bonchev–Trinajstić information content (AvgIpc) is 2.68. The van der Waals surface area contributed by atoms with Crippen LogP contribution in [0.4, 0.5) is 11.4 Å². The van der Waals surface area contributed by atoms with Crippen molar-refractivity contribution in [3.8, 4) is 0 Å². The molecule has 3 N–H and O–H groups in total. The number of hydrogen-bond donors (Lipinski definition) is 2. The summed E-state index contributed by atoms with van der Waals surface area (Å²) in [5, 5.41) is 4.02. The van der Waals surface area contributed by atoms with Gasteiger partial charge in [-0.3, -0.25) is 4.79 Å². The van der Waals surface area contributed by atoms with Gasteiger partial charge in [-0.05, 0) is 43.2 Å². The molecule has 2 aromatic rings. The number of benzene rings is 2. The van der Waals surface area contributed by atoms with Crippen molar-refractivity contribution < 1.29 is 4.79 Å². The van der Waals surface area contributed by atoms with E-state index in [4.69, 9.17) is 10.7 Å². The fourth-order valence-corrected chi connectivity index (χ4v) is 4.52. The number of para-hydroxylation sites is 1. The zero-order valence-corrected chi connectivity index (χ0v) is 16.0. The van der Waals surface area contributed by atoms with E-state index < -0.39 is 0 Å². The van der Waals surface area contributed by atoms with Crippen LogP contribution in [0.2, 0.25) is 0 Å². The van der Waals surface area contributed by atoms with Crippen molar-refractivity contribution in [2.24, 2.45) is 4.99 Å². The molecule has 0 spiro atoms. The summed E-state index contributed by atoms with van der Waals surface area (Å²) in [5.74, 6) is 0.946. The number of nitrogen functional groups attached to an aromatic ring is 1. The maximum Gasteiger partial charge on any atom is 0.255 e. The van der Waals surface area contributed by atoms with Gasteiger partial charge in [-0.25, -0.2) is 4.99 Å². The second kappa shape index (κ2) is 7.48. The third kappa shape index (κ3) is 3.57. The van der Waals surface area contributed by atoms with Crippen LogP contribution in [0.25, 0.3) is 0 Å². The van der Waals surface area contributed by atoms with Crippen molar-refractivity contribution in [3.05, 3.63) is 71.4 Å². The van der Waals surface area contributed by atoms with E-state index in [-0.39, 0.29) is 11.9 Å². The maximum atomic E-state index is 13.2. The SMILES string of the molecule is CC1=C(C(=O)Nc2ccccc2)C(c2ccc(N)cc2)N2CCCSC2=N1. The molecule has 2 aliphatic rings. The van der Waals surface area contributed by atoms with Crippen LogP contribution in [-0.2, 0) is 4.79 Å². The fourth-order valence-electron chi connectivity index (χ4n) is 3.50. The molecule has 0 aliphatic carbocycles. The number of amidine groups is 1. The number of aliphatic imine (C=N–C) groups is 1. The molecule has 1 amide bonds. The van der Waals surface area contributed by atoms with E-state index in [1.165, 1.54) is 0 Å². The quantitative estimate of drug-likeness (QED) is 0.791. The van der Waals surface area contributed by atoms with E-state index in [2.05, 4.69) is 10.2 Å². The normalized spacial score (nSPS) is 19.4. The van der Waals surface area contributed by atoms with Gasteiger partial charge in [-0.2, -0.15) is 0 Å². The summed E-state index contributed by atoms with van der Waals surface area (Å²) in [7, 11) is 0. The molecule has 27 heavy (non-hydrogen) atoms. The summed E-state index contributed by atoms with van der Waals surface area (Å²) in [6.45, 7) is 2.81. The van der Waals surface area contributed by atoms with Crippen LogP contribution in [0.15, 0.2) is 70.9 Å². The Morgan fingerprint density at radius 1 is 1.19 bits per heavy atom. The van der Waals surface area contributed by atoms with Gasteiger partial charge in [0, 0.05) is 23.7 Å². The van der Waals surface area contributed by atoms with Crippen LogP contribution in [0.3, 0.4) is 0 Å². The van der Waals surface area contributed by atoms with Gasteiger partial charge in [-0.1, -0.05) is 42.1 Å². The summed E-state index contributed by atoms with van der Waals surface area (Å²) in [4.78, 5) is 20.2. The first-order valence-electron chi connectivity index (χ1n) is 9.04. The Balaban J connectivity index is 1.75. The minimum atomic E-state index is -0.158. The summed E-state index contributed by atoms with van der Waals surface area (Å²) in [6, 6.07) is 17.2. The molecule has 5 nitrogen and oxygen atoms in total. The van der Waals surface area contributed by atoms with Gasteiger partial charge in [0.05, 0.1) is 17.3 Å². The van der Waals surface area contributed by atoms with Crippen molar-refractivity contribution in [3.63, 3.8) is 0 Å². The highest BCUT2D eigenvalue weighted by Gasteiger charge is 2.37. The number of carbonyl (C=O) groups is 1. The monoisotopic (exact) mass is 378 g/mol. The van der Waals surface area contributed by atoms with E-state index in [1.807, 2.05) is 61.5 Å². The molecule has 0 aromatic heterocycles. The third-order valence-electron chi connectivity index (χ3n) is 4.79. The molecule has 2 aromatic carbocycles. The number of hydrogen-bond acceptors (Lipinski definition) is 5. The van der Waals surface area contributed by atoms with Crippen LogP contribution in [0.5, 0.6) is 0 Å². The lowest BCUT2D eigenvalue weighted by Gasteiger charge is -2.40. The maximum absolute atomic E-state index is 13.2. The number of nitrogens with zero attached hydrogens (tertiary/aromatic N) is 2. The van der Waals surface area contributed by atoms with Gasteiger partial charge in [-0.15, -0.1) is 0 Å². The predicted molar refractivity (Wildman–Crippen MR) is 113 cm³/mol. The smallest absolute Gasteiger partial charge is 0.255 e. The van der Waals surface area contributed by atoms with Crippen molar-refractivity contribution >= 4 is 34.2 Å².